The number of hydrogen-bond acceptors (Lipinski definition) is 5. The number of rotatable bonds is 8. The number of methoxy groups -OCH3 is 1. The van der Waals surface area contributed by atoms with E-state index < -0.39 is 0 Å². The summed E-state index contributed by atoms with van der Waals surface area (Å²) in [6.45, 7) is 0.936. The van der Waals surface area contributed by atoms with Crippen molar-refractivity contribution in [2.45, 2.75) is 38.1 Å². The Morgan fingerprint density at radius 1 is 0.906 bits per heavy atom. The Balaban J connectivity index is 1.46. The van der Waals surface area contributed by atoms with E-state index in [-0.39, 0.29) is 23.0 Å². The van der Waals surface area contributed by atoms with E-state index in [0.717, 1.165) is 12.8 Å². The smallest absolute Gasteiger partial charge is 0.257 e. The first-order valence-electron chi connectivity index (χ1n) is 10.8. The minimum atomic E-state index is -0.325. The summed E-state index contributed by atoms with van der Waals surface area (Å²) >= 11 is 5.24. The Labute approximate surface area is 193 Å². The van der Waals surface area contributed by atoms with Crippen LogP contribution in [0, 0.1) is 0 Å². The maximum atomic E-state index is 12.4. The monoisotopic (exact) mass is 455 g/mol. The standard InChI is InChI=1S/C24H29N3O4S/c1-30-15-16-31-21-13-9-18(10-14-21)23(29)27-24(32)26-20-11-7-17(8-12-20)22(28)25-19-5-3-2-4-6-19/h7-14,19H,2-6,15-16H2,1H3,(H,25,28)(H2,26,27,29,32). The highest BCUT2D eigenvalue weighted by Gasteiger charge is 2.16. The van der Waals surface area contributed by atoms with Gasteiger partial charge in [-0.15, -0.1) is 0 Å². The Hall–Kier alpha value is -2.97. The Morgan fingerprint density at radius 2 is 1.53 bits per heavy atom. The first-order valence-corrected chi connectivity index (χ1v) is 11.2. The van der Waals surface area contributed by atoms with E-state index in [1.165, 1.54) is 19.3 Å². The van der Waals surface area contributed by atoms with Crippen molar-refractivity contribution < 1.29 is 19.1 Å². The summed E-state index contributed by atoms with van der Waals surface area (Å²) in [6, 6.07) is 14.1. The third-order valence-corrected chi connectivity index (χ3v) is 5.45. The van der Waals surface area contributed by atoms with Crippen LogP contribution in [0.3, 0.4) is 0 Å². The van der Waals surface area contributed by atoms with Crippen molar-refractivity contribution in [2.24, 2.45) is 0 Å². The van der Waals surface area contributed by atoms with Gasteiger partial charge in [-0.2, -0.15) is 0 Å². The second-order valence-corrected chi connectivity index (χ2v) is 8.07. The lowest BCUT2D eigenvalue weighted by Gasteiger charge is -2.22. The van der Waals surface area contributed by atoms with Crippen molar-refractivity contribution in [3.8, 4) is 5.75 Å². The molecule has 2 amide bonds. The molecule has 3 N–H and O–H groups in total. The summed E-state index contributed by atoms with van der Waals surface area (Å²) in [6.07, 6.45) is 5.68. The molecule has 0 radical (unpaired) electrons. The van der Waals surface area contributed by atoms with Gasteiger partial charge in [-0.05, 0) is 73.6 Å². The van der Waals surface area contributed by atoms with Crippen molar-refractivity contribution in [3.63, 3.8) is 0 Å². The zero-order chi connectivity index (χ0) is 22.8. The van der Waals surface area contributed by atoms with Crippen LogP contribution in [0.2, 0.25) is 0 Å². The first-order chi connectivity index (χ1) is 15.5. The lowest BCUT2D eigenvalue weighted by Crippen LogP contribution is -2.36. The third-order valence-electron chi connectivity index (χ3n) is 5.25. The Kier molecular flexibility index (Phi) is 9.01. The molecule has 1 saturated carbocycles. The first kappa shape index (κ1) is 23.7. The number of nitrogens with one attached hydrogen (secondary N) is 3. The van der Waals surface area contributed by atoms with E-state index in [9.17, 15) is 9.59 Å². The molecule has 1 aliphatic carbocycles. The van der Waals surface area contributed by atoms with Crippen LogP contribution >= 0.6 is 12.2 Å². The molecular weight excluding hydrogens is 426 g/mol. The predicted octanol–water partition coefficient (Wildman–Crippen LogP) is 3.90. The molecule has 170 valence electrons. The van der Waals surface area contributed by atoms with Crippen LogP contribution in [-0.2, 0) is 4.74 Å². The summed E-state index contributed by atoms with van der Waals surface area (Å²) in [5, 5.41) is 8.89. The van der Waals surface area contributed by atoms with Gasteiger partial charge in [-0.25, -0.2) is 0 Å². The van der Waals surface area contributed by atoms with Crippen LogP contribution in [0.15, 0.2) is 48.5 Å². The van der Waals surface area contributed by atoms with Gasteiger partial charge in [-0.3, -0.25) is 14.9 Å². The number of benzene rings is 2. The number of anilines is 1. The SMILES string of the molecule is COCCOc1ccc(C(=O)NC(=S)Nc2ccc(C(=O)NC3CCCCC3)cc2)cc1. The van der Waals surface area contributed by atoms with Crippen molar-refractivity contribution in [1.82, 2.24) is 10.6 Å². The van der Waals surface area contributed by atoms with Gasteiger partial charge in [0, 0.05) is 30.0 Å². The van der Waals surface area contributed by atoms with E-state index >= 15 is 0 Å². The molecule has 0 heterocycles. The Bertz CT molecular complexity index is 910. The fourth-order valence-electron chi connectivity index (χ4n) is 3.50. The molecule has 0 atom stereocenters. The highest BCUT2D eigenvalue weighted by Crippen LogP contribution is 2.18. The minimum absolute atomic E-state index is 0.0611. The molecular formula is C24H29N3O4S. The fraction of sp³-hybridized carbons (Fsp3) is 0.375. The number of hydrogen-bond donors (Lipinski definition) is 3. The van der Waals surface area contributed by atoms with Gasteiger partial charge in [0.25, 0.3) is 11.8 Å². The van der Waals surface area contributed by atoms with Gasteiger partial charge in [0.15, 0.2) is 5.11 Å². The zero-order valence-electron chi connectivity index (χ0n) is 18.2. The number of thiocarbonyl (C=S) groups is 1. The number of carbonyl (C=O) groups is 2. The van der Waals surface area contributed by atoms with Gasteiger partial charge >= 0.3 is 0 Å². The molecule has 0 aromatic heterocycles. The number of amides is 2. The van der Waals surface area contributed by atoms with Crippen LogP contribution in [0.5, 0.6) is 5.75 Å². The molecule has 1 fully saturated rings. The molecule has 1 aliphatic rings. The molecule has 0 unspecified atom stereocenters. The van der Waals surface area contributed by atoms with Crippen molar-refractivity contribution >= 4 is 34.8 Å². The maximum absolute atomic E-state index is 12.4. The quantitative estimate of drug-likeness (QED) is 0.413. The van der Waals surface area contributed by atoms with Gasteiger partial charge in [0.1, 0.15) is 12.4 Å². The highest BCUT2D eigenvalue weighted by molar-refractivity contribution is 7.80. The molecule has 32 heavy (non-hydrogen) atoms. The number of ether oxygens (including phenoxy) is 2. The minimum Gasteiger partial charge on any atom is -0.491 e. The highest BCUT2D eigenvalue weighted by atomic mass is 32.1. The van der Waals surface area contributed by atoms with Gasteiger partial charge in [0.05, 0.1) is 6.61 Å². The van der Waals surface area contributed by atoms with Gasteiger partial charge < -0.3 is 20.1 Å². The lowest BCUT2D eigenvalue weighted by atomic mass is 9.95. The summed E-state index contributed by atoms with van der Waals surface area (Å²) < 4.78 is 10.4. The maximum Gasteiger partial charge on any atom is 0.257 e. The third kappa shape index (κ3) is 7.32. The summed E-state index contributed by atoms with van der Waals surface area (Å²) in [5.41, 5.74) is 1.75. The van der Waals surface area contributed by atoms with Gasteiger partial charge in [-0.1, -0.05) is 19.3 Å². The van der Waals surface area contributed by atoms with Crippen molar-refractivity contribution in [1.29, 1.82) is 0 Å². The second-order valence-electron chi connectivity index (χ2n) is 7.66. The summed E-state index contributed by atoms with van der Waals surface area (Å²) in [4.78, 5) is 24.8. The molecule has 0 aliphatic heterocycles. The van der Waals surface area contributed by atoms with Crippen LogP contribution < -0.4 is 20.7 Å². The fourth-order valence-corrected chi connectivity index (χ4v) is 3.71. The molecule has 7 nitrogen and oxygen atoms in total. The van der Waals surface area contributed by atoms with Crippen molar-refractivity contribution in [3.05, 3.63) is 59.7 Å². The van der Waals surface area contributed by atoms with Crippen LogP contribution in [-0.4, -0.2) is 43.3 Å². The number of carbonyl (C=O) groups excluding carboxylic acids is 2. The lowest BCUT2D eigenvalue weighted by molar-refractivity contribution is 0.0926. The molecule has 2 aromatic rings. The van der Waals surface area contributed by atoms with Crippen LogP contribution in [0.25, 0.3) is 0 Å². The van der Waals surface area contributed by atoms with E-state index in [2.05, 4.69) is 16.0 Å². The summed E-state index contributed by atoms with van der Waals surface area (Å²) in [7, 11) is 1.61. The van der Waals surface area contributed by atoms with Crippen LogP contribution in [0.4, 0.5) is 5.69 Å². The molecule has 0 bridgehead atoms. The van der Waals surface area contributed by atoms with E-state index in [0.29, 0.717) is 35.8 Å². The molecule has 0 saturated heterocycles. The van der Waals surface area contributed by atoms with Crippen LogP contribution in [0.1, 0.15) is 52.8 Å². The average Bonchev–Trinajstić information content (AvgIpc) is 2.80. The van der Waals surface area contributed by atoms with Gasteiger partial charge in [0.2, 0.25) is 0 Å². The van der Waals surface area contributed by atoms with E-state index in [1.807, 2.05) is 0 Å². The van der Waals surface area contributed by atoms with Crippen molar-refractivity contribution in [2.75, 3.05) is 25.6 Å². The Morgan fingerprint density at radius 3 is 2.19 bits per heavy atom. The van der Waals surface area contributed by atoms with E-state index in [4.69, 9.17) is 21.7 Å². The molecule has 8 heteroatoms. The largest absolute Gasteiger partial charge is 0.491 e. The normalized spacial score (nSPS) is 13.8. The molecule has 3 rings (SSSR count). The molecule has 0 spiro atoms. The zero-order valence-corrected chi connectivity index (χ0v) is 19.0. The predicted molar refractivity (Wildman–Crippen MR) is 128 cm³/mol. The average molecular weight is 456 g/mol. The molecule has 2 aromatic carbocycles. The topological polar surface area (TPSA) is 88.7 Å². The second kappa shape index (κ2) is 12.2. The van der Waals surface area contributed by atoms with E-state index in [1.54, 1.807) is 55.6 Å². The summed E-state index contributed by atoms with van der Waals surface area (Å²) in [5.74, 6) is 0.273.